The van der Waals surface area contributed by atoms with Crippen LogP contribution in [0.4, 0.5) is 5.82 Å². The Balaban J connectivity index is 2.13. The zero-order valence-corrected chi connectivity index (χ0v) is 16.5. The molecule has 0 radical (unpaired) electrons. The number of anilines is 1. The molecule has 0 spiro atoms. The van der Waals surface area contributed by atoms with Crippen LogP contribution in [0.5, 0.6) is 0 Å². The lowest BCUT2D eigenvalue weighted by atomic mass is 10.1. The Labute approximate surface area is 161 Å². The molecule has 3 aromatic rings. The highest BCUT2D eigenvalue weighted by Crippen LogP contribution is 2.35. The average Bonchev–Trinajstić information content (AvgIpc) is 3.04. The van der Waals surface area contributed by atoms with Crippen LogP contribution in [0.3, 0.4) is 0 Å². The molecule has 2 heterocycles. The standard InChI is InChI=1S/C19H20ClN3O2S/c1-4-25-18(24)14-11-26-17-15(14)16(21-19(20)22-17)23(12(2)3)10-13-8-6-5-7-9-13/h5-9,11-12H,4,10H2,1-3H3. The van der Waals surface area contributed by atoms with E-state index in [0.29, 0.717) is 34.7 Å². The number of carbonyl (C=O) groups excluding carboxylic acids is 1. The van der Waals surface area contributed by atoms with E-state index in [1.54, 1.807) is 12.3 Å². The van der Waals surface area contributed by atoms with Crippen molar-refractivity contribution in [1.82, 2.24) is 9.97 Å². The van der Waals surface area contributed by atoms with Crippen LogP contribution in [0.1, 0.15) is 36.7 Å². The zero-order valence-electron chi connectivity index (χ0n) is 14.9. The molecule has 5 nitrogen and oxygen atoms in total. The number of esters is 1. The van der Waals surface area contributed by atoms with Crippen LogP contribution in [-0.4, -0.2) is 28.6 Å². The molecule has 0 aliphatic heterocycles. The highest BCUT2D eigenvalue weighted by atomic mass is 35.5. The molecule has 0 amide bonds. The fourth-order valence-corrected chi connectivity index (χ4v) is 3.86. The lowest BCUT2D eigenvalue weighted by Crippen LogP contribution is -2.31. The third-order valence-corrected chi connectivity index (χ3v) is 5.01. The van der Waals surface area contributed by atoms with Gasteiger partial charge in [-0.1, -0.05) is 30.3 Å². The number of fused-ring (bicyclic) bond motifs is 1. The molecule has 0 aliphatic carbocycles. The number of hydrogen-bond donors (Lipinski definition) is 0. The third-order valence-electron chi connectivity index (χ3n) is 3.97. The van der Waals surface area contributed by atoms with Crippen LogP contribution in [0, 0.1) is 0 Å². The number of hydrogen-bond acceptors (Lipinski definition) is 6. The summed E-state index contributed by atoms with van der Waals surface area (Å²) in [6.45, 7) is 6.93. The molecule has 26 heavy (non-hydrogen) atoms. The number of thiophene rings is 1. The molecule has 0 N–H and O–H groups in total. The zero-order chi connectivity index (χ0) is 18.7. The average molecular weight is 390 g/mol. The molecule has 1 aromatic carbocycles. The Hall–Kier alpha value is -2.18. The quantitative estimate of drug-likeness (QED) is 0.441. The molecule has 0 saturated carbocycles. The maximum atomic E-state index is 12.4. The number of nitrogens with zero attached hydrogens (tertiary/aromatic N) is 3. The van der Waals surface area contributed by atoms with Gasteiger partial charge in [-0.25, -0.2) is 9.78 Å². The summed E-state index contributed by atoms with van der Waals surface area (Å²) in [6.07, 6.45) is 0. The summed E-state index contributed by atoms with van der Waals surface area (Å²) in [5, 5.41) is 2.63. The fourth-order valence-electron chi connectivity index (χ4n) is 2.75. The summed E-state index contributed by atoms with van der Waals surface area (Å²) < 4.78 is 5.20. The predicted octanol–water partition coefficient (Wildman–Crippen LogP) is 4.94. The van der Waals surface area contributed by atoms with Gasteiger partial charge in [0.15, 0.2) is 0 Å². The van der Waals surface area contributed by atoms with Gasteiger partial charge in [-0.05, 0) is 37.9 Å². The molecule has 0 saturated heterocycles. The lowest BCUT2D eigenvalue weighted by molar-refractivity contribution is 0.0529. The second kappa shape index (κ2) is 8.01. The predicted molar refractivity (Wildman–Crippen MR) is 106 cm³/mol. The largest absolute Gasteiger partial charge is 0.462 e. The van der Waals surface area contributed by atoms with Crippen LogP contribution in [0.2, 0.25) is 5.28 Å². The van der Waals surface area contributed by atoms with Gasteiger partial charge in [-0.2, -0.15) is 4.98 Å². The van der Waals surface area contributed by atoms with Crippen molar-refractivity contribution in [3.8, 4) is 0 Å². The normalized spacial score (nSPS) is 11.1. The highest BCUT2D eigenvalue weighted by molar-refractivity contribution is 7.17. The van der Waals surface area contributed by atoms with Crippen molar-refractivity contribution in [1.29, 1.82) is 0 Å². The van der Waals surface area contributed by atoms with Gasteiger partial charge in [-0.3, -0.25) is 0 Å². The van der Waals surface area contributed by atoms with Gasteiger partial charge in [0.1, 0.15) is 10.6 Å². The van der Waals surface area contributed by atoms with Crippen molar-refractivity contribution in [2.24, 2.45) is 0 Å². The van der Waals surface area contributed by atoms with E-state index in [2.05, 4.69) is 40.8 Å². The van der Waals surface area contributed by atoms with E-state index < -0.39 is 0 Å². The van der Waals surface area contributed by atoms with Crippen LogP contribution in [0.15, 0.2) is 35.7 Å². The monoisotopic (exact) mass is 389 g/mol. The Morgan fingerprint density at radius 1 is 1.27 bits per heavy atom. The Bertz CT molecular complexity index is 912. The SMILES string of the molecule is CCOC(=O)c1csc2nc(Cl)nc(N(Cc3ccccc3)C(C)C)c12. The molecule has 0 aliphatic rings. The first-order valence-electron chi connectivity index (χ1n) is 8.43. The van der Waals surface area contributed by atoms with Crippen molar-refractivity contribution in [3.05, 3.63) is 52.1 Å². The fraction of sp³-hybridized carbons (Fsp3) is 0.316. The van der Waals surface area contributed by atoms with E-state index in [-0.39, 0.29) is 17.3 Å². The van der Waals surface area contributed by atoms with Crippen LogP contribution < -0.4 is 4.90 Å². The molecule has 2 aromatic heterocycles. The molecule has 0 fully saturated rings. The van der Waals surface area contributed by atoms with Crippen molar-refractivity contribution < 1.29 is 9.53 Å². The smallest absolute Gasteiger partial charge is 0.339 e. The first kappa shape index (κ1) is 18.6. The molecule has 7 heteroatoms. The molecular formula is C19H20ClN3O2S. The van der Waals surface area contributed by atoms with Crippen molar-refractivity contribution in [3.63, 3.8) is 0 Å². The first-order valence-corrected chi connectivity index (χ1v) is 9.69. The van der Waals surface area contributed by atoms with Crippen LogP contribution >= 0.6 is 22.9 Å². The number of halogens is 1. The van der Waals surface area contributed by atoms with E-state index in [1.807, 2.05) is 18.2 Å². The number of aromatic nitrogens is 2. The highest BCUT2D eigenvalue weighted by Gasteiger charge is 2.24. The van der Waals surface area contributed by atoms with Gasteiger partial charge in [0.25, 0.3) is 0 Å². The minimum Gasteiger partial charge on any atom is -0.462 e. The number of ether oxygens (including phenoxy) is 1. The van der Waals surface area contributed by atoms with Gasteiger partial charge in [0.2, 0.25) is 5.28 Å². The summed E-state index contributed by atoms with van der Waals surface area (Å²) in [7, 11) is 0. The van der Waals surface area contributed by atoms with Gasteiger partial charge < -0.3 is 9.64 Å². The topological polar surface area (TPSA) is 55.3 Å². The van der Waals surface area contributed by atoms with E-state index in [9.17, 15) is 4.79 Å². The molecule has 136 valence electrons. The molecular weight excluding hydrogens is 370 g/mol. The minimum atomic E-state index is -0.366. The number of carbonyl (C=O) groups is 1. The molecule has 0 bridgehead atoms. The van der Waals surface area contributed by atoms with Gasteiger partial charge >= 0.3 is 5.97 Å². The summed E-state index contributed by atoms with van der Waals surface area (Å²) in [4.78, 5) is 24.0. The number of benzene rings is 1. The Kier molecular flexibility index (Phi) is 5.74. The Morgan fingerprint density at radius 3 is 2.65 bits per heavy atom. The lowest BCUT2D eigenvalue weighted by Gasteiger charge is -2.29. The second-order valence-corrected chi connectivity index (χ2v) is 7.27. The Morgan fingerprint density at radius 2 is 2.00 bits per heavy atom. The maximum absolute atomic E-state index is 12.4. The summed E-state index contributed by atoms with van der Waals surface area (Å²) in [5.41, 5.74) is 1.63. The second-order valence-electron chi connectivity index (χ2n) is 6.07. The molecule has 0 unspecified atom stereocenters. The van der Waals surface area contributed by atoms with E-state index >= 15 is 0 Å². The van der Waals surface area contributed by atoms with Crippen LogP contribution in [0.25, 0.3) is 10.2 Å². The van der Waals surface area contributed by atoms with Gasteiger partial charge in [0, 0.05) is 18.0 Å². The summed E-state index contributed by atoms with van der Waals surface area (Å²) >= 11 is 7.54. The molecule has 0 atom stereocenters. The third kappa shape index (κ3) is 3.81. The van der Waals surface area contributed by atoms with Crippen LogP contribution in [-0.2, 0) is 11.3 Å². The van der Waals surface area contributed by atoms with Crippen molar-refractivity contribution >= 4 is 44.9 Å². The van der Waals surface area contributed by atoms with Crippen molar-refractivity contribution in [2.75, 3.05) is 11.5 Å². The maximum Gasteiger partial charge on any atom is 0.339 e. The van der Waals surface area contributed by atoms with Crippen molar-refractivity contribution in [2.45, 2.75) is 33.4 Å². The minimum absolute atomic E-state index is 0.152. The first-order chi connectivity index (χ1) is 12.5. The van der Waals surface area contributed by atoms with Gasteiger partial charge in [0.05, 0.1) is 17.6 Å². The summed E-state index contributed by atoms with van der Waals surface area (Å²) in [6, 6.07) is 10.3. The molecule has 3 rings (SSSR count). The van der Waals surface area contributed by atoms with Gasteiger partial charge in [-0.15, -0.1) is 11.3 Å². The number of rotatable bonds is 6. The van der Waals surface area contributed by atoms with E-state index in [0.717, 1.165) is 5.56 Å². The van der Waals surface area contributed by atoms with E-state index in [4.69, 9.17) is 16.3 Å². The van der Waals surface area contributed by atoms with E-state index in [1.165, 1.54) is 11.3 Å². The summed E-state index contributed by atoms with van der Waals surface area (Å²) in [5.74, 6) is 0.289.